The van der Waals surface area contributed by atoms with Gasteiger partial charge in [-0.05, 0) is 17.7 Å². The van der Waals surface area contributed by atoms with Gasteiger partial charge in [-0.3, -0.25) is 14.9 Å². The summed E-state index contributed by atoms with van der Waals surface area (Å²) in [6.45, 7) is 0. The number of nitrogens with zero attached hydrogens (tertiary/aromatic N) is 1. The maximum Gasteiger partial charge on any atom is 0.350 e. The fraction of sp³-hybridized carbons (Fsp3) is 0.0588. The third-order valence-corrected chi connectivity index (χ3v) is 5.60. The summed E-state index contributed by atoms with van der Waals surface area (Å²) in [5.41, 5.74) is 1.21. The standard InChI is InChI=1S/C17H12N2O5S2/c1-24-17(21)15-11(9-13(26-15)10-5-3-2-4-6-10)18-16(20)12-7-8-14(25-12)19(22)23/h2-9H,1H3,(H,18,20). The summed E-state index contributed by atoms with van der Waals surface area (Å²) in [5, 5.41) is 13.3. The van der Waals surface area contributed by atoms with E-state index in [-0.39, 0.29) is 14.8 Å². The number of carbonyl (C=O) groups is 2. The molecule has 0 aliphatic heterocycles. The number of hydrogen-bond acceptors (Lipinski definition) is 7. The minimum absolute atomic E-state index is 0.126. The molecule has 1 amide bonds. The van der Waals surface area contributed by atoms with Crippen molar-refractivity contribution in [2.45, 2.75) is 0 Å². The van der Waals surface area contributed by atoms with E-state index in [4.69, 9.17) is 4.74 Å². The first-order valence-corrected chi connectivity index (χ1v) is 8.96. The Bertz CT molecular complexity index is 978. The van der Waals surface area contributed by atoms with Gasteiger partial charge in [0.05, 0.1) is 22.6 Å². The summed E-state index contributed by atoms with van der Waals surface area (Å²) < 4.78 is 4.78. The van der Waals surface area contributed by atoms with Crippen molar-refractivity contribution in [3.05, 3.63) is 68.4 Å². The molecule has 2 aromatic heterocycles. The molecular formula is C17H12N2O5S2. The van der Waals surface area contributed by atoms with Gasteiger partial charge in [-0.15, -0.1) is 11.3 Å². The number of nitrogens with one attached hydrogen (secondary N) is 1. The van der Waals surface area contributed by atoms with Crippen LogP contribution in [0.4, 0.5) is 10.7 Å². The first-order chi connectivity index (χ1) is 12.5. The Labute approximate surface area is 156 Å². The highest BCUT2D eigenvalue weighted by molar-refractivity contribution is 7.18. The van der Waals surface area contributed by atoms with Gasteiger partial charge in [0.2, 0.25) is 0 Å². The SMILES string of the molecule is COC(=O)c1sc(-c2ccccc2)cc1NC(=O)c1ccc([N+](=O)[O-])s1. The molecule has 0 atom stereocenters. The Hall–Kier alpha value is -3.04. The summed E-state index contributed by atoms with van der Waals surface area (Å²) in [5.74, 6) is -1.09. The predicted molar refractivity (Wildman–Crippen MR) is 100 cm³/mol. The van der Waals surface area contributed by atoms with E-state index >= 15 is 0 Å². The molecule has 0 radical (unpaired) electrons. The Morgan fingerprint density at radius 2 is 1.85 bits per heavy atom. The van der Waals surface area contributed by atoms with Gasteiger partial charge in [-0.25, -0.2) is 4.79 Å². The first-order valence-electron chi connectivity index (χ1n) is 7.32. The zero-order valence-corrected chi connectivity index (χ0v) is 15.1. The molecule has 1 N–H and O–H groups in total. The van der Waals surface area contributed by atoms with E-state index < -0.39 is 16.8 Å². The van der Waals surface area contributed by atoms with Crippen LogP contribution in [0.1, 0.15) is 19.3 Å². The van der Waals surface area contributed by atoms with E-state index in [9.17, 15) is 19.7 Å². The number of amides is 1. The Morgan fingerprint density at radius 3 is 2.46 bits per heavy atom. The zero-order chi connectivity index (χ0) is 18.7. The molecule has 2 heterocycles. The van der Waals surface area contributed by atoms with E-state index in [1.54, 1.807) is 6.07 Å². The normalized spacial score (nSPS) is 10.3. The zero-order valence-electron chi connectivity index (χ0n) is 13.4. The van der Waals surface area contributed by atoms with Crippen molar-refractivity contribution >= 4 is 45.2 Å². The molecule has 132 valence electrons. The van der Waals surface area contributed by atoms with Gasteiger partial charge in [0.1, 0.15) is 4.88 Å². The quantitative estimate of drug-likeness (QED) is 0.396. The van der Waals surface area contributed by atoms with Gasteiger partial charge in [0.25, 0.3) is 5.91 Å². The summed E-state index contributed by atoms with van der Waals surface area (Å²) >= 11 is 1.97. The number of benzene rings is 1. The van der Waals surface area contributed by atoms with Crippen LogP contribution in [0, 0.1) is 10.1 Å². The van der Waals surface area contributed by atoms with Gasteiger partial charge >= 0.3 is 11.0 Å². The van der Waals surface area contributed by atoms with Crippen LogP contribution in [0.5, 0.6) is 0 Å². The average molecular weight is 388 g/mol. The van der Waals surface area contributed by atoms with Crippen molar-refractivity contribution in [3.63, 3.8) is 0 Å². The molecule has 3 rings (SSSR count). The molecule has 0 saturated carbocycles. The highest BCUT2D eigenvalue weighted by Crippen LogP contribution is 2.36. The van der Waals surface area contributed by atoms with Crippen LogP contribution < -0.4 is 5.32 Å². The Balaban J connectivity index is 1.92. The highest BCUT2D eigenvalue weighted by atomic mass is 32.1. The topological polar surface area (TPSA) is 98.5 Å². The molecule has 0 fully saturated rings. The fourth-order valence-corrected chi connectivity index (χ4v) is 3.96. The van der Waals surface area contributed by atoms with Crippen molar-refractivity contribution in [2.24, 2.45) is 0 Å². The predicted octanol–water partition coefficient (Wildman–Crippen LogP) is 4.42. The Morgan fingerprint density at radius 1 is 1.12 bits per heavy atom. The van der Waals surface area contributed by atoms with Crippen molar-refractivity contribution < 1.29 is 19.2 Å². The number of carbonyl (C=O) groups excluding carboxylic acids is 2. The molecule has 26 heavy (non-hydrogen) atoms. The maximum atomic E-state index is 12.4. The van der Waals surface area contributed by atoms with Gasteiger partial charge in [-0.1, -0.05) is 41.7 Å². The van der Waals surface area contributed by atoms with Crippen LogP contribution in [-0.2, 0) is 4.74 Å². The van der Waals surface area contributed by atoms with Crippen LogP contribution in [-0.4, -0.2) is 23.9 Å². The number of hydrogen-bond donors (Lipinski definition) is 1. The average Bonchev–Trinajstić information content (AvgIpc) is 3.29. The van der Waals surface area contributed by atoms with Crippen molar-refractivity contribution in [1.82, 2.24) is 0 Å². The summed E-state index contributed by atoms with van der Waals surface area (Å²) in [6, 6.07) is 13.7. The van der Waals surface area contributed by atoms with Crippen LogP contribution in [0.2, 0.25) is 0 Å². The number of esters is 1. The number of thiophene rings is 2. The lowest BCUT2D eigenvalue weighted by molar-refractivity contribution is -0.380. The van der Waals surface area contributed by atoms with Crippen molar-refractivity contribution in [2.75, 3.05) is 12.4 Å². The molecule has 0 unspecified atom stereocenters. The highest BCUT2D eigenvalue weighted by Gasteiger charge is 2.21. The van der Waals surface area contributed by atoms with E-state index in [1.165, 1.54) is 30.6 Å². The van der Waals surface area contributed by atoms with Crippen LogP contribution in [0.25, 0.3) is 10.4 Å². The summed E-state index contributed by atoms with van der Waals surface area (Å²) in [6.07, 6.45) is 0. The minimum Gasteiger partial charge on any atom is -0.465 e. The first kappa shape index (κ1) is 17.8. The molecule has 1 aromatic carbocycles. The van der Waals surface area contributed by atoms with Gasteiger partial charge in [0.15, 0.2) is 0 Å². The lowest BCUT2D eigenvalue weighted by Crippen LogP contribution is -2.12. The third-order valence-electron chi connectivity index (χ3n) is 3.40. The maximum absolute atomic E-state index is 12.4. The van der Waals surface area contributed by atoms with Crippen LogP contribution in [0.15, 0.2) is 48.5 Å². The molecule has 9 heteroatoms. The molecule has 0 saturated heterocycles. The molecule has 0 aliphatic rings. The fourth-order valence-electron chi connectivity index (χ4n) is 2.20. The van der Waals surface area contributed by atoms with Gasteiger partial charge < -0.3 is 10.1 Å². The largest absolute Gasteiger partial charge is 0.465 e. The van der Waals surface area contributed by atoms with Crippen LogP contribution >= 0.6 is 22.7 Å². The van der Waals surface area contributed by atoms with E-state index in [0.717, 1.165) is 21.8 Å². The Kier molecular flexibility index (Phi) is 5.10. The molecule has 7 nitrogen and oxygen atoms in total. The molecule has 0 spiro atoms. The van der Waals surface area contributed by atoms with Gasteiger partial charge in [-0.2, -0.15) is 0 Å². The monoisotopic (exact) mass is 388 g/mol. The lowest BCUT2D eigenvalue weighted by atomic mass is 10.2. The van der Waals surface area contributed by atoms with E-state index in [1.807, 2.05) is 30.3 Å². The lowest BCUT2D eigenvalue weighted by Gasteiger charge is -2.03. The second-order valence-electron chi connectivity index (χ2n) is 5.06. The number of ether oxygens (including phenoxy) is 1. The van der Waals surface area contributed by atoms with Gasteiger partial charge in [0, 0.05) is 10.9 Å². The molecule has 3 aromatic rings. The summed E-state index contributed by atoms with van der Waals surface area (Å²) in [4.78, 5) is 35.9. The van der Waals surface area contributed by atoms with E-state index in [0.29, 0.717) is 5.69 Å². The third kappa shape index (κ3) is 3.63. The number of anilines is 1. The van der Waals surface area contributed by atoms with E-state index in [2.05, 4.69) is 5.32 Å². The molecule has 0 aliphatic carbocycles. The number of methoxy groups -OCH3 is 1. The smallest absolute Gasteiger partial charge is 0.350 e. The molecular weight excluding hydrogens is 376 g/mol. The minimum atomic E-state index is -0.565. The number of rotatable bonds is 5. The van der Waals surface area contributed by atoms with Crippen molar-refractivity contribution in [1.29, 1.82) is 0 Å². The number of nitro groups is 1. The van der Waals surface area contributed by atoms with Crippen LogP contribution in [0.3, 0.4) is 0 Å². The van der Waals surface area contributed by atoms with Crippen molar-refractivity contribution in [3.8, 4) is 10.4 Å². The molecule has 0 bridgehead atoms. The summed E-state index contributed by atoms with van der Waals surface area (Å²) in [7, 11) is 1.26. The second kappa shape index (κ2) is 7.46. The second-order valence-corrected chi connectivity index (χ2v) is 7.17.